The first kappa shape index (κ1) is 15.3. The van der Waals surface area contributed by atoms with Crippen molar-refractivity contribution in [3.05, 3.63) is 38.7 Å². The molecule has 0 spiro atoms. The van der Waals surface area contributed by atoms with Crippen LogP contribution in [0.25, 0.3) is 11.0 Å². The summed E-state index contributed by atoms with van der Waals surface area (Å²) in [7, 11) is 2.09. The van der Waals surface area contributed by atoms with E-state index in [9.17, 15) is 9.90 Å². The van der Waals surface area contributed by atoms with Gasteiger partial charge >= 0.3 is 5.63 Å². The van der Waals surface area contributed by atoms with Gasteiger partial charge in [0.15, 0.2) is 0 Å². The molecule has 5 nitrogen and oxygen atoms in total. The monoisotopic (exact) mass is 322 g/mol. The second-order valence-corrected chi connectivity index (χ2v) is 6.23. The van der Waals surface area contributed by atoms with Gasteiger partial charge in [-0.3, -0.25) is 4.90 Å². The summed E-state index contributed by atoms with van der Waals surface area (Å²) in [5.41, 5.74) is 1.22. The van der Waals surface area contributed by atoms with Crippen LogP contribution in [-0.4, -0.2) is 48.1 Å². The molecule has 1 N–H and O–H groups in total. The molecule has 1 saturated heterocycles. The third-order valence-electron chi connectivity index (χ3n) is 4.32. The number of nitrogens with zero attached hydrogens (tertiary/aromatic N) is 2. The number of piperazine rings is 1. The molecule has 0 atom stereocenters. The molecule has 6 heteroatoms. The first-order valence-corrected chi connectivity index (χ1v) is 7.70. The van der Waals surface area contributed by atoms with Gasteiger partial charge in [0.25, 0.3) is 0 Å². The van der Waals surface area contributed by atoms with Crippen molar-refractivity contribution < 1.29 is 9.52 Å². The Balaban J connectivity index is 2.05. The summed E-state index contributed by atoms with van der Waals surface area (Å²) < 4.78 is 5.36. The van der Waals surface area contributed by atoms with Crippen molar-refractivity contribution in [2.75, 3.05) is 33.2 Å². The summed E-state index contributed by atoms with van der Waals surface area (Å²) in [6, 6.07) is 3.37. The minimum absolute atomic E-state index is 0.101. The minimum atomic E-state index is -0.558. The molecule has 0 saturated carbocycles. The zero-order valence-electron chi connectivity index (χ0n) is 12.7. The van der Waals surface area contributed by atoms with Crippen molar-refractivity contribution in [1.29, 1.82) is 0 Å². The van der Waals surface area contributed by atoms with E-state index in [2.05, 4.69) is 16.8 Å². The highest BCUT2D eigenvalue weighted by Gasteiger charge is 2.20. The van der Waals surface area contributed by atoms with Crippen LogP contribution in [0.1, 0.15) is 11.1 Å². The summed E-state index contributed by atoms with van der Waals surface area (Å²) in [6.07, 6.45) is 0. The lowest BCUT2D eigenvalue weighted by molar-refractivity contribution is 0.147. The van der Waals surface area contributed by atoms with Gasteiger partial charge in [-0.25, -0.2) is 4.79 Å². The Bertz CT molecular complexity index is 764. The van der Waals surface area contributed by atoms with Crippen molar-refractivity contribution in [3.8, 4) is 5.75 Å². The average Bonchev–Trinajstić information content (AvgIpc) is 2.50. The number of phenolic OH excluding ortho intramolecular Hbond substituents is 1. The number of phenols is 1. The molecule has 1 aliphatic heterocycles. The summed E-state index contributed by atoms with van der Waals surface area (Å²) in [6.45, 7) is 6.16. The van der Waals surface area contributed by atoms with E-state index in [1.165, 1.54) is 0 Å². The van der Waals surface area contributed by atoms with Crippen LogP contribution in [0.3, 0.4) is 0 Å². The van der Waals surface area contributed by atoms with Gasteiger partial charge in [0.05, 0.1) is 5.56 Å². The highest BCUT2D eigenvalue weighted by atomic mass is 35.5. The van der Waals surface area contributed by atoms with Crippen molar-refractivity contribution in [2.45, 2.75) is 13.5 Å². The van der Waals surface area contributed by atoms with Crippen molar-refractivity contribution >= 4 is 22.6 Å². The Labute approximate surface area is 133 Å². The zero-order valence-corrected chi connectivity index (χ0v) is 13.5. The number of aryl methyl sites for hydroxylation is 1. The highest BCUT2D eigenvalue weighted by Crippen LogP contribution is 2.31. The van der Waals surface area contributed by atoms with Crippen LogP contribution >= 0.6 is 11.6 Å². The van der Waals surface area contributed by atoms with E-state index in [1.807, 2.05) is 0 Å². The Kier molecular flexibility index (Phi) is 4.12. The fourth-order valence-corrected chi connectivity index (χ4v) is 2.96. The van der Waals surface area contributed by atoms with E-state index in [0.29, 0.717) is 23.3 Å². The van der Waals surface area contributed by atoms with E-state index in [-0.39, 0.29) is 10.8 Å². The summed E-state index contributed by atoms with van der Waals surface area (Å²) in [5.74, 6) is 0.149. The first-order valence-electron chi connectivity index (χ1n) is 7.32. The predicted molar refractivity (Wildman–Crippen MR) is 86.7 cm³/mol. The van der Waals surface area contributed by atoms with Crippen molar-refractivity contribution in [3.63, 3.8) is 0 Å². The molecule has 1 fully saturated rings. The van der Waals surface area contributed by atoms with Gasteiger partial charge in [-0.1, -0.05) is 11.6 Å². The number of benzene rings is 1. The molecule has 0 bridgehead atoms. The normalized spacial score (nSPS) is 17.2. The Morgan fingerprint density at radius 1 is 1.27 bits per heavy atom. The second-order valence-electron chi connectivity index (χ2n) is 5.85. The molecule has 1 aliphatic rings. The quantitative estimate of drug-likeness (QED) is 0.859. The maximum atomic E-state index is 11.9. The van der Waals surface area contributed by atoms with E-state index in [1.54, 1.807) is 19.1 Å². The highest BCUT2D eigenvalue weighted by molar-refractivity contribution is 6.31. The number of hydrogen-bond donors (Lipinski definition) is 1. The fourth-order valence-electron chi connectivity index (χ4n) is 2.82. The third-order valence-corrected chi connectivity index (χ3v) is 4.76. The molecule has 2 aromatic rings. The van der Waals surface area contributed by atoms with Crippen LogP contribution < -0.4 is 5.63 Å². The van der Waals surface area contributed by atoms with Gasteiger partial charge < -0.3 is 14.4 Å². The number of halogens is 1. The number of rotatable bonds is 2. The number of hydrogen-bond acceptors (Lipinski definition) is 5. The predicted octanol–water partition coefficient (Wildman–Crippen LogP) is 2.21. The van der Waals surface area contributed by atoms with Gasteiger partial charge in [-0.2, -0.15) is 0 Å². The Morgan fingerprint density at radius 3 is 2.64 bits per heavy atom. The van der Waals surface area contributed by atoms with Crippen molar-refractivity contribution in [2.24, 2.45) is 0 Å². The van der Waals surface area contributed by atoms with Crippen LogP contribution in [0, 0.1) is 6.92 Å². The average molecular weight is 323 g/mol. The molecule has 0 amide bonds. The molecule has 1 aromatic heterocycles. The standard InChI is InChI=1S/C16H19ClN2O3/c1-10-11-3-4-13(20)12(15(11)22-16(21)14(10)17)9-19-7-5-18(2)6-8-19/h3-4,20H,5-9H2,1-2H3. The zero-order chi connectivity index (χ0) is 15.9. The Morgan fingerprint density at radius 2 is 1.95 bits per heavy atom. The summed E-state index contributed by atoms with van der Waals surface area (Å²) >= 11 is 5.97. The first-order chi connectivity index (χ1) is 10.5. The SMILES string of the molecule is Cc1c(Cl)c(=O)oc2c(CN3CCN(C)CC3)c(O)ccc12. The molecule has 3 rings (SSSR count). The van der Waals surface area contributed by atoms with Crippen LogP contribution in [0.15, 0.2) is 21.3 Å². The third kappa shape index (κ3) is 2.72. The molecular formula is C16H19ClN2O3. The second kappa shape index (κ2) is 5.91. The van der Waals surface area contributed by atoms with Gasteiger partial charge in [-0.15, -0.1) is 0 Å². The van der Waals surface area contributed by atoms with Crippen LogP contribution in [0.5, 0.6) is 5.75 Å². The van der Waals surface area contributed by atoms with Gasteiger partial charge in [0.1, 0.15) is 16.4 Å². The molecule has 0 radical (unpaired) electrons. The van der Waals surface area contributed by atoms with E-state index < -0.39 is 5.63 Å². The fraction of sp³-hybridized carbons (Fsp3) is 0.438. The van der Waals surface area contributed by atoms with E-state index in [0.717, 1.165) is 31.6 Å². The van der Waals surface area contributed by atoms with Crippen LogP contribution in [0.2, 0.25) is 5.02 Å². The molecule has 1 aromatic carbocycles. The molecule has 2 heterocycles. The largest absolute Gasteiger partial charge is 0.507 e. The Hall–Kier alpha value is -1.56. The van der Waals surface area contributed by atoms with E-state index >= 15 is 0 Å². The molecule has 22 heavy (non-hydrogen) atoms. The number of fused-ring (bicyclic) bond motifs is 1. The number of aromatic hydroxyl groups is 1. The summed E-state index contributed by atoms with van der Waals surface area (Å²) in [4.78, 5) is 16.4. The molecular weight excluding hydrogens is 304 g/mol. The number of likely N-dealkylation sites (N-methyl/N-ethyl adjacent to an activating group) is 1. The lowest BCUT2D eigenvalue weighted by atomic mass is 10.1. The minimum Gasteiger partial charge on any atom is -0.507 e. The maximum Gasteiger partial charge on any atom is 0.355 e. The lowest BCUT2D eigenvalue weighted by Gasteiger charge is -2.32. The van der Waals surface area contributed by atoms with Gasteiger partial charge in [0, 0.05) is 38.1 Å². The van der Waals surface area contributed by atoms with Crippen LogP contribution in [-0.2, 0) is 6.54 Å². The maximum absolute atomic E-state index is 11.9. The molecule has 0 unspecified atom stereocenters. The van der Waals surface area contributed by atoms with Crippen molar-refractivity contribution in [1.82, 2.24) is 9.80 Å². The molecule has 118 valence electrons. The van der Waals surface area contributed by atoms with Crippen LogP contribution in [0.4, 0.5) is 0 Å². The lowest BCUT2D eigenvalue weighted by Crippen LogP contribution is -2.43. The molecule has 0 aliphatic carbocycles. The topological polar surface area (TPSA) is 56.9 Å². The van der Waals surface area contributed by atoms with E-state index in [4.69, 9.17) is 16.0 Å². The van der Waals surface area contributed by atoms with Gasteiger partial charge in [0.2, 0.25) is 0 Å². The van der Waals surface area contributed by atoms with Gasteiger partial charge in [-0.05, 0) is 31.7 Å². The summed E-state index contributed by atoms with van der Waals surface area (Å²) in [5, 5.41) is 11.1. The smallest absolute Gasteiger partial charge is 0.355 e.